The molecule has 3 aromatic carbocycles. The van der Waals surface area contributed by atoms with Crippen molar-refractivity contribution >= 4 is 46.4 Å². The van der Waals surface area contributed by atoms with E-state index in [1.165, 1.54) is 5.56 Å². The second-order valence-electron chi connectivity index (χ2n) is 9.32. The molecule has 1 atom stereocenters. The molecule has 3 rings (SSSR count). The lowest BCUT2D eigenvalue weighted by Crippen LogP contribution is -2.30. The summed E-state index contributed by atoms with van der Waals surface area (Å²) < 4.78 is 25.1. The van der Waals surface area contributed by atoms with E-state index in [1.807, 2.05) is 59.3 Å². The number of halogens is 2. The van der Waals surface area contributed by atoms with Crippen molar-refractivity contribution in [2.75, 3.05) is 31.2 Å². The maximum atomic E-state index is 12.5. The smallest absolute Gasteiger partial charge is 0.266 e. The Morgan fingerprint density at radius 1 is 0.895 bits per heavy atom. The van der Waals surface area contributed by atoms with Gasteiger partial charge in [0, 0.05) is 18.8 Å². The first-order chi connectivity index (χ1) is 17.1. The number of rotatable bonds is 12. The zero-order valence-electron chi connectivity index (χ0n) is 21.8. The lowest BCUT2D eigenvalue weighted by molar-refractivity contribution is 0.0982. The topological polar surface area (TPSA) is 108 Å². The highest BCUT2D eigenvalue weighted by molar-refractivity contribution is 7.89. The number of aliphatic hydroxyl groups is 1. The van der Waals surface area contributed by atoms with Crippen LogP contribution in [0.1, 0.15) is 41.4 Å². The van der Waals surface area contributed by atoms with E-state index in [0.717, 1.165) is 35.9 Å². The average molecular weight is 583 g/mol. The summed E-state index contributed by atoms with van der Waals surface area (Å²) in [5.74, 6) is -0.309. The summed E-state index contributed by atoms with van der Waals surface area (Å²) in [4.78, 5) is 12.5. The highest BCUT2D eigenvalue weighted by Gasteiger charge is 2.16. The molecule has 7 nitrogen and oxygen atoms in total. The molecule has 0 bridgehead atoms. The Morgan fingerprint density at radius 2 is 1.53 bits per heavy atom. The van der Waals surface area contributed by atoms with Gasteiger partial charge in [0.15, 0.2) is 0 Å². The Hall–Kier alpha value is -2.62. The average Bonchev–Trinajstić information content (AvgIpc) is 2.85. The molecule has 0 aliphatic carbocycles. The van der Waals surface area contributed by atoms with Crippen LogP contribution in [0.25, 0.3) is 11.1 Å². The predicted molar refractivity (Wildman–Crippen MR) is 160 cm³/mol. The first kappa shape index (κ1) is 33.4. The normalized spacial score (nSPS) is 11.7. The van der Waals surface area contributed by atoms with Gasteiger partial charge in [-0.05, 0) is 53.3 Å². The SMILES string of the molecule is CC(C)CNc1cc(-c2ccc(CCNC[C@H](O)c3ccccc3)cc2)ccc1C(=O)NS(C)(=O)=O.Cl.Cl. The molecule has 0 aliphatic heterocycles. The summed E-state index contributed by atoms with van der Waals surface area (Å²) in [6, 6.07) is 23.1. The number of benzene rings is 3. The zero-order valence-corrected chi connectivity index (χ0v) is 24.3. The van der Waals surface area contributed by atoms with Gasteiger partial charge in [0.1, 0.15) is 0 Å². The van der Waals surface area contributed by atoms with Gasteiger partial charge in [-0.3, -0.25) is 4.79 Å². The van der Waals surface area contributed by atoms with E-state index in [-0.39, 0.29) is 30.4 Å². The molecule has 0 radical (unpaired) electrons. The first-order valence-corrected chi connectivity index (χ1v) is 13.9. The lowest BCUT2D eigenvalue weighted by atomic mass is 10.00. The van der Waals surface area contributed by atoms with Crippen LogP contribution >= 0.6 is 24.8 Å². The van der Waals surface area contributed by atoms with Crippen LogP contribution < -0.4 is 15.4 Å². The summed E-state index contributed by atoms with van der Waals surface area (Å²) in [5.41, 5.74) is 4.86. The van der Waals surface area contributed by atoms with Gasteiger partial charge in [-0.15, -0.1) is 24.8 Å². The molecule has 0 unspecified atom stereocenters. The van der Waals surface area contributed by atoms with Crippen LogP contribution in [-0.4, -0.2) is 45.3 Å². The van der Waals surface area contributed by atoms with E-state index in [0.29, 0.717) is 24.7 Å². The van der Waals surface area contributed by atoms with Gasteiger partial charge in [0.25, 0.3) is 5.91 Å². The molecule has 0 saturated carbocycles. The second kappa shape index (κ2) is 15.7. The van der Waals surface area contributed by atoms with Crippen molar-refractivity contribution in [2.24, 2.45) is 5.92 Å². The highest BCUT2D eigenvalue weighted by Crippen LogP contribution is 2.27. The van der Waals surface area contributed by atoms with Crippen molar-refractivity contribution in [3.63, 3.8) is 0 Å². The Balaban J connectivity index is 0.00000361. The van der Waals surface area contributed by atoms with Crippen LogP contribution in [0.15, 0.2) is 72.8 Å². The van der Waals surface area contributed by atoms with Gasteiger partial charge in [-0.25, -0.2) is 13.1 Å². The summed E-state index contributed by atoms with van der Waals surface area (Å²) in [5, 5.41) is 16.8. The molecule has 4 N–H and O–H groups in total. The van der Waals surface area contributed by atoms with Gasteiger partial charge in [0.05, 0.1) is 17.9 Å². The molecule has 0 aliphatic rings. The Bertz CT molecular complexity index is 1250. The fourth-order valence-corrected chi connectivity index (χ4v) is 4.18. The van der Waals surface area contributed by atoms with E-state index in [2.05, 4.69) is 36.6 Å². The van der Waals surface area contributed by atoms with Crippen LogP contribution in [-0.2, 0) is 16.4 Å². The number of aliphatic hydroxyl groups excluding tert-OH is 1. The standard InChI is InChI=1S/C28H35N3O4S.2ClH/c1-20(2)18-30-26-17-24(13-14-25(26)28(33)31-36(3,34)35)22-11-9-21(10-12-22)15-16-29-19-27(32)23-7-5-4-6-8-23;;/h4-14,17,20,27,29-30,32H,15-16,18-19H2,1-3H3,(H,31,33);2*1H/t27-;;/m0../s1. The van der Waals surface area contributed by atoms with Crippen molar-refractivity contribution in [1.82, 2.24) is 10.0 Å². The van der Waals surface area contributed by atoms with Crippen LogP contribution in [0.2, 0.25) is 0 Å². The van der Waals surface area contributed by atoms with Crippen molar-refractivity contribution in [2.45, 2.75) is 26.4 Å². The highest BCUT2D eigenvalue weighted by atomic mass is 35.5. The van der Waals surface area contributed by atoms with Gasteiger partial charge in [-0.2, -0.15) is 0 Å². The third-order valence-electron chi connectivity index (χ3n) is 5.64. The Labute approximate surface area is 238 Å². The quantitative estimate of drug-likeness (QED) is 0.228. The second-order valence-corrected chi connectivity index (χ2v) is 11.1. The van der Waals surface area contributed by atoms with E-state index < -0.39 is 22.0 Å². The number of sulfonamides is 1. The first-order valence-electron chi connectivity index (χ1n) is 12.1. The molecule has 0 heterocycles. The van der Waals surface area contributed by atoms with Crippen LogP contribution in [0.3, 0.4) is 0 Å². The third-order valence-corrected chi connectivity index (χ3v) is 6.20. The minimum absolute atomic E-state index is 0. The van der Waals surface area contributed by atoms with Gasteiger partial charge < -0.3 is 15.7 Å². The minimum Gasteiger partial charge on any atom is -0.387 e. The molecule has 0 spiro atoms. The number of hydrogen-bond donors (Lipinski definition) is 4. The number of carbonyl (C=O) groups excluding carboxylic acids is 1. The van der Waals surface area contributed by atoms with Gasteiger partial charge >= 0.3 is 0 Å². The van der Waals surface area contributed by atoms with E-state index in [1.54, 1.807) is 6.07 Å². The molecule has 208 valence electrons. The number of anilines is 1. The fraction of sp³-hybridized carbons (Fsp3) is 0.321. The van der Waals surface area contributed by atoms with Gasteiger partial charge in [-0.1, -0.05) is 74.5 Å². The molecule has 0 saturated heterocycles. The van der Waals surface area contributed by atoms with Crippen molar-refractivity contribution in [3.8, 4) is 11.1 Å². The molecular weight excluding hydrogens is 545 g/mol. The summed E-state index contributed by atoms with van der Waals surface area (Å²) >= 11 is 0. The van der Waals surface area contributed by atoms with E-state index in [9.17, 15) is 18.3 Å². The molecule has 1 amide bonds. The number of nitrogens with one attached hydrogen (secondary N) is 3. The number of carbonyl (C=O) groups is 1. The molecule has 3 aromatic rings. The fourth-order valence-electron chi connectivity index (χ4n) is 3.73. The zero-order chi connectivity index (χ0) is 26.1. The number of amides is 1. The largest absolute Gasteiger partial charge is 0.387 e. The van der Waals surface area contributed by atoms with Crippen molar-refractivity contribution in [1.29, 1.82) is 0 Å². The molecule has 10 heteroatoms. The Morgan fingerprint density at radius 3 is 2.13 bits per heavy atom. The molecule has 0 fully saturated rings. The van der Waals surface area contributed by atoms with E-state index >= 15 is 0 Å². The third kappa shape index (κ3) is 10.6. The van der Waals surface area contributed by atoms with Crippen LogP contribution in [0, 0.1) is 5.92 Å². The molecule has 38 heavy (non-hydrogen) atoms. The summed E-state index contributed by atoms with van der Waals surface area (Å²) in [7, 11) is -3.66. The van der Waals surface area contributed by atoms with E-state index in [4.69, 9.17) is 0 Å². The molecule has 0 aromatic heterocycles. The summed E-state index contributed by atoms with van der Waals surface area (Å²) in [6.45, 7) is 6.00. The maximum Gasteiger partial charge on any atom is 0.266 e. The minimum atomic E-state index is -3.66. The number of hydrogen-bond acceptors (Lipinski definition) is 6. The van der Waals surface area contributed by atoms with Crippen LogP contribution in [0.5, 0.6) is 0 Å². The van der Waals surface area contributed by atoms with Gasteiger partial charge in [0.2, 0.25) is 10.0 Å². The lowest BCUT2D eigenvalue weighted by Gasteiger charge is -2.15. The van der Waals surface area contributed by atoms with Crippen LogP contribution in [0.4, 0.5) is 5.69 Å². The van der Waals surface area contributed by atoms with Crippen molar-refractivity contribution < 1.29 is 18.3 Å². The molecular formula is C28H37Cl2N3O4S. The van der Waals surface area contributed by atoms with Crippen molar-refractivity contribution in [3.05, 3.63) is 89.5 Å². The summed E-state index contributed by atoms with van der Waals surface area (Å²) in [6.07, 6.45) is 1.26. The Kier molecular flexibility index (Phi) is 13.8. The maximum absolute atomic E-state index is 12.5. The monoisotopic (exact) mass is 581 g/mol. The predicted octanol–water partition coefficient (Wildman–Crippen LogP) is 4.82.